The van der Waals surface area contributed by atoms with Crippen molar-refractivity contribution in [2.45, 2.75) is 0 Å². The Balaban J connectivity index is 2.09. The fourth-order valence-corrected chi connectivity index (χ4v) is 2.04. The van der Waals surface area contributed by atoms with Crippen LogP contribution in [-0.2, 0) is 4.74 Å². The van der Waals surface area contributed by atoms with Crippen molar-refractivity contribution in [2.24, 2.45) is 0 Å². The number of Topliss-reactive ketones (excluding diaryl/α,β-unsaturated/α-hetero) is 1. The van der Waals surface area contributed by atoms with Crippen LogP contribution in [0.1, 0.15) is 20.7 Å². The largest absolute Gasteiger partial charge is 0.497 e. The zero-order valence-corrected chi connectivity index (χ0v) is 13.6. The molecule has 0 unspecified atom stereocenters. The van der Waals surface area contributed by atoms with Crippen LogP contribution in [0.2, 0.25) is 0 Å². The third-order valence-corrected chi connectivity index (χ3v) is 3.36. The highest BCUT2D eigenvalue weighted by molar-refractivity contribution is 6.00. The number of ketones is 1. The van der Waals surface area contributed by atoms with E-state index in [9.17, 15) is 19.7 Å². The molecule has 0 spiro atoms. The van der Waals surface area contributed by atoms with E-state index < -0.39 is 23.3 Å². The Morgan fingerprint density at radius 3 is 2.28 bits per heavy atom. The van der Waals surface area contributed by atoms with Crippen molar-refractivity contribution in [1.82, 2.24) is 0 Å². The molecular formula is C17H15NO7. The summed E-state index contributed by atoms with van der Waals surface area (Å²) in [6, 6.07) is 9.85. The molecule has 0 saturated carbocycles. The molecule has 0 aliphatic heterocycles. The highest BCUT2D eigenvalue weighted by Crippen LogP contribution is 2.24. The van der Waals surface area contributed by atoms with Crippen molar-refractivity contribution in [3.63, 3.8) is 0 Å². The van der Waals surface area contributed by atoms with Crippen LogP contribution in [0.5, 0.6) is 11.5 Å². The molecule has 0 fully saturated rings. The molecule has 0 atom stereocenters. The van der Waals surface area contributed by atoms with Gasteiger partial charge in [0.15, 0.2) is 12.4 Å². The van der Waals surface area contributed by atoms with Crippen LogP contribution in [0.15, 0.2) is 42.5 Å². The summed E-state index contributed by atoms with van der Waals surface area (Å²) in [4.78, 5) is 34.4. The number of rotatable bonds is 7. The molecule has 0 aliphatic rings. The zero-order valence-electron chi connectivity index (χ0n) is 13.6. The second-order valence-electron chi connectivity index (χ2n) is 4.87. The SMILES string of the molecule is COc1ccc(C(=O)COC(=O)c2cc([N+](=O)[O-])ccc2OC)cc1. The molecule has 2 aromatic carbocycles. The molecule has 0 bridgehead atoms. The van der Waals surface area contributed by atoms with Crippen molar-refractivity contribution < 1.29 is 28.7 Å². The lowest BCUT2D eigenvalue weighted by atomic mass is 10.1. The van der Waals surface area contributed by atoms with Crippen molar-refractivity contribution in [3.05, 3.63) is 63.7 Å². The number of carbonyl (C=O) groups is 2. The van der Waals surface area contributed by atoms with Crippen molar-refractivity contribution in [3.8, 4) is 11.5 Å². The van der Waals surface area contributed by atoms with E-state index in [2.05, 4.69) is 0 Å². The van der Waals surface area contributed by atoms with Crippen LogP contribution in [0.25, 0.3) is 0 Å². The van der Waals surface area contributed by atoms with Gasteiger partial charge in [-0.15, -0.1) is 0 Å². The Kier molecular flexibility index (Phi) is 5.67. The van der Waals surface area contributed by atoms with Gasteiger partial charge in [0.1, 0.15) is 17.1 Å². The van der Waals surface area contributed by atoms with Gasteiger partial charge in [-0.05, 0) is 30.3 Å². The van der Waals surface area contributed by atoms with Crippen molar-refractivity contribution in [2.75, 3.05) is 20.8 Å². The van der Waals surface area contributed by atoms with Gasteiger partial charge in [0.2, 0.25) is 0 Å². The predicted molar refractivity (Wildman–Crippen MR) is 87.3 cm³/mol. The fraction of sp³-hybridized carbons (Fsp3) is 0.176. The summed E-state index contributed by atoms with van der Waals surface area (Å²) in [5.74, 6) is -0.592. The number of hydrogen-bond acceptors (Lipinski definition) is 7. The van der Waals surface area contributed by atoms with E-state index in [0.717, 1.165) is 6.07 Å². The van der Waals surface area contributed by atoms with E-state index in [4.69, 9.17) is 14.2 Å². The number of methoxy groups -OCH3 is 2. The van der Waals surface area contributed by atoms with Gasteiger partial charge in [-0.25, -0.2) is 4.79 Å². The molecule has 0 N–H and O–H groups in total. The van der Waals surface area contributed by atoms with E-state index in [1.165, 1.54) is 26.4 Å². The molecule has 0 aliphatic carbocycles. The summed E-state index contributed by atoms with van der Waals surface area (Å²) in [5, 5.41) is 10.8. The molecule has 8 nitrogen and oxygen atoms in total. The summed E-state index contributed by atoms with van der Waals surface area (Å²) in [6.45, 7) is -0.503. The lowest BCUT2D eigenvalue weighted by Gasteiger charge is -2.08. The van der Waals surface area contributed by atoms with Crippen LogP contribution in [0.3, 0.4) is 0 Å². The van der Waals surface area contributed by atoms with Crippen LogP contribution in [0, 0.1) is 10.1 Å². The van der Waals surface area contributed by atoms with Crippen LogP contribution < -0.4 is 9.47 Å². The number of hydrogen-bond donors (Lipinski definition) is 0. The summed E-state index contributed by atoms with van der Waals surface area (Å²) >= 11 is 0. The minimum absolute atomic E-state index is 0.118. The minimum Gasteiger partial charge on any atom is -0.497 e. The molecule has 0 heterocycles. The molecule has 0 radical (unpaired) electrons. The first-order valence-corrected chi connectivity index (χ1v) is 7.13. The van der Waals surface area contributed by atoms with Gasteiger partial charge in [-0.3, -0.25) is 14.9 Å². The van der Waals surface area contributed by atoms with E-state index in [1.807, 2.05) is 0 Å². The van der Waals surface area contributed by atoms with E-state index in [0.29, 0.717) is 11.3 Å². The Morgan fingerprint density at radius 1 is 1.04 bits per heavy atom. The van der Waals surface area contributed by atoms with Crippen LogP contribution in [0.4, 0.5) is 5.69 Å². The predicted octanol–water partition coefficient (Wildman–Crippen LogP) is 2.65. The fourth-order valence-electron chi connectivity index (χ4n) is 2.04. The van der Waals surface area contributed by atoms with Gasteiger partial charge in [0, 0.05) is 17.7 Å². The number of nitro benzene ring substituents is 1. The molecular weight excluding hydrogens is 330 g/mol. The van der Waals surface area contributed by atoms with E-state index >= 15 is 0 Å². The molecule has 130 valence electrons. The van der Waals surface area contributed by atoms with Crippen LogP contribution >= 0.6 is 0 Å². The normalized spacial score (nSPS) is 10.0. The van der Waals surface area contributed by atoms with E-state index in [-0.39, 0.29) is 17.0 Å². The smallest absolute Gasteiger partial charge is 0.342 e. The first kappa shape index (κ1) is 17.9. The average molecular weight is 345 g/mol. The standard InChI is InChI=1S/C17H15NO7/c1-23-13-6-3-11(4-7-13)15(19)10-25-17(20)14-9-12(18(21)22)5-8-16(14)24-2/h3-9H,10H2,1-2H3. The van der Waals surface area contributed by atoms with Gasteiger partial charge < -0.3 is 14.2 Å². The van der Waals surface area contributed by atoms with Crippen molar-refractivity contribution >= 4 is 17.4 Å². The zero-order chi connectivity index (χ0) is 18.4. The van der Waals surface area contributed by atoms with Crippen molar-refractivity contribution in [1.29, 1.82) is 0 Å². The number of carbonyl (C=O) groups excluding carboxylic acids is 2. The number of ether oxygens (including phenoxy) is 3. The first-order chi connectivity index (χ1) is 12.0. The monoisotopic (exact) mass is 345 g/mol. The lowest BCUT2D eigenvalue weighted by molar-refractivity contribution is -0.384. The Labute approximate surface area is 143 Å². The van der Waals surface area contributed by atoms with Gasteiger partial charge in [-0.1, -0.05) is 0 Å². The van der Waals surface area contributed by atoms with E-state index in [1.54, 1.807) is 24.3 Å². The molecule has 25 heavy (non-hydrogen) atoms. The highest BCUT2D eigenvalue weighted by Gasteiger charge is 2.20. The molecule has 0 amide bonds. The molecule has 8 heteroatoms. The summed E-state index contributed by atoms with van der Waals surface area (Å²) in [5.41, 5.74) is -0.0620. The maximum atomic E-state index is 12.1. The number of nitro groups is 1. The highest BCUT2D eigenvalue weighted by atomic mass is 16.6. The second kappa shape index (κ2) is 7.91. The lowest BCUT2D eigenvalue weighted by Crippen LogP contribution is -2.15. The molecule has 0 saturated heterocycles. The average Bonchev–Trinajstić information content (AvgIpc) is 2.65. The van der Waals surface area contributed by atoms with Crippen LogP contribution in [-0.4, -0.2) is 37.5 Å². The Bertz CT molecular complexity index is 799. The number of benzene rings is 2. The van der Waals surface area contributed by atoms with Gasteiger partial charge >= 0.3 is 5.97 Å². The topological polar surface area (TPSA) is 105 Å². The van der Waals surface area contributed by atoms with Gasteiger partial charge in [0.05, 0.1) is 19.1 Å². The summed E-state index contributed by atoms with van der Waals surface area (Å²) in [7, 11) is 2.82. The maximum Gasteiger partial charge on any atom is 0.342 e. The van der Waals surface area contributed by atoms with Gasteiger partial charge in [0.25, 0.3) is 5.69 Å². The quantitative estimate of drug-likeness (QED) is 0.329. The molecule has 2 aromatic rings. The minimum atomic E-state index is -0.887. The summed E-state index contributed by atoms with van der Waals surface area (Å²) < 4.78 is 14.9. The maximum absolute atomic E-state index is 12.1. The Morgan fingerprint density at radius 2 is 1.72 bits per heavy atom. The second-order valence-corrected chi connectivity index (χ2v) is 4.87. The molecule has 0 aromatic heterocycles. The number of esters is 1. The third-order valence-electron chi connectivity index (χ3n) is 3.36. The first-order valence-electron chi connectivity index (χ1n) is 7.13. The third kappa shape index (κ3) is 4.31. The molecule has 2 rings (SSSR count). The number of non-ortho nitro benzene ring substituents is 1. The van der Waals surface area contributed by atoms with Gasteiger partial charge in [-0.2, -0.15) is 0 Å². The number of nitrogens with zero attached hydrogens (tertiary/aromatic N) is 1. The summed E-state index contributed by atoms with van der Waals surface area (Å²) in [6.07, 6.45) is 0. The Hall–Kier alpha value is -3.42.